The van der Waals surface area contributed by atoms with Gasteiger partial charge < -0.3 is 15.3 Å². The molecule has 1 aromatic carbocycles. The maximum absolute atomic E-state index is 14.0. The summed E-state index contributed by atoms with van der Waals surface area (Å²) < 4.78 is 15.4. The van der Waals surface area contributed by atoms with E-state index in [4.69, 9.17) is 11.6 Å². The number of carbonyl (C=O) groups excluding carboxylic acids is 2. The number of nitrogens with zero attached hydrogens (tertiary/aromatic N) is 3. The molecular formula is C21H22ClFN4O4. The maximum atomic E-state index is 14.0. The summed E-state index contributed by atoms with van der Waals surface area (Å²) >= 11 is 5.73. The Hall–Kier alpha value is -3.07. The summed E-state index contributed by atoms with van der Waals surface area (Å²) in [6.45, 7) is 2.72. The second-order valence-electron chi connectivity index (χ2n) is 7.56. The Balaban J connectivity index is 1.69. The Morgan fingerprint density at radius 2 is 2.10 bits per heavy atom. The minimum absolute atomic E-state index is 0.148. The highest BCUT2D eigenvalue weighted by atomic mass is 35.5. The zero-order valence-corrected chi connectivity index (χ0v) is 17.7. The van der Waals surface area contributed by atoms with Crippen molar-refractivity contribution in [2.45, 2.75) is 38.9 Å². The molecular weight excluding hydrogens is 427 g/mol. The Morgan fingerprint density at radius 1 is 1.32 bits per heavy atom. The van der Waals surface area contributed by atoms with Gasteiger partial charge >= 0.3 is 0 Å². The molecule has 1 fully saturated rings. The molecule has 31 heavy (non-hydrogen) atoms. The topological polar surface area (TPSA) is 94.9 Å². The average Bonchev–Trinajstić information content (AvgIpc) is 2.75. The van der Waals surface area contributed by atoms with Crippen molar-refractivity contribution in [1.29, 1.82) is 0 Å². The van der Waals surface area contributed by atoms with Gasteiger partial charge in [0.15, 0.2) is 11.4 Å². The molecule has 0 unspecified atom stereocenters. The van der Waals surface area contributed by atoms with Crippen LogP contribution in [0.3, 0.4) is 0 Å². The molecule has 0 spiro atoms. The Bertz CT molecular complexity index is 1120. The standard InChI is InChI=1S/C21H22ClFN4O4/c1-2-25-16-5-3-4-8-26(16)27-11-14(18(28)19(29)17(27)21(25)31)20(30)24-10-12-6-7-13(22)9-15(12)23/h6-7,9,11,16,29H,2-5,8,10H2,1H3,(H,24,30)/t16-/m0/s1. The van der Waals surface area contributed by atoms with E-state index in [1.807, 2.05) is 11.9 Å². The Morgan fingerprint density at radius 3 is 2.81 bits per heavy atom. The quantitative estimate of drug-likeness (QED) is 0.747. The second kappa shape index (κ2) is 8.22. The van der Waals surface area contributed by atoms with Crippen molar-refractivity contribution in [2.24, 2.45) is 0 Å². The number of benzene rings is 1. The number of piperidine rings is 1. The zero-order chi connectivity index (χ0) is 22.3. The van der Waals surface area contributed by atoms with Gasteiger partial charge in [0.2, 0.25) is 5.43 Å². The lowest BCUT2D eigenvalue weighted by atomic mass is 10.1. The minimum atomic E-state index is -0.944. The summed E-state index contributed by atoms with van der Waals surface area (Å²) in [6, 6.07) is 4.06. The molecule has 2 aromatic rings. The summed E-state index contributed by atoms with van der Waals surface area (Å²) in [6.07, 6.45) is 3.66. The van der Waals surface area contributed by atoms with Gasteiger partial charge in [0, 0.05) is 36.4 Å². The third kappa shape index (κ3) is 3.63. The molecule has 2 aliphatic rings. The molecule has 0 bridgehead atoms. The molecule has 1 aromatic heterocycles. The molecule has 164 valence electrons. The highest BCUT2D eigenvalue weighted by molar-refractivity contribution is 6.30. The predicted octanol–water partition coefficient (Wildman–Crippen LogP) is 2.20. The van der Waals surface area contributed by atoms with Gasteiger partial charge in [0.1, 0.15) is 17.5 Å². The molecule has 1 saturated heterocycles. The van der Waals surface area contributed by atoms with Crippen molar-refractivity contribution in [3.05, 3.63) is 62.3 Å². The summed E-state index contributed by atoms with van der Waals surface area (Å²) in [5.74, 6) is -2.57. The van der Waals surface area contributed by atoms with Crippen LogP contribution < -0.4 is 15.8 Å². The monoisotopic (exact) mass is 448 g/mol. The van der Waals surface area contributed by atoms with E-state index < -0.39 is 28.8 Å². The fourth-order valence-electron chi connectivity index (χ4n) is 4.18. The van der Waals surface area contributed by atoms with Gasteiger partial charge in [-0.2, -0.15) is 0 Å². The smallest absolute Gasteiger partial charge is 0.278 e. The molecule has 8 nitrogen and oxygen atoms in total. The van der Waals surface area contributed by atoms with Crippen molar-refractivity contribution in [3.8, 4) is 5.75 Å². The third-order valence-electron chi connectivity index (χ3n) is 5.75. The number of rotatable bonds is 4. The van der Waals surface area contributed by atoms with Crippen molar-refractivity contribution in [3.63, 3.8) is 0 Å². The molecule has 1 atom stereocenters. The first-order valence-electron chi connectivity index (χ1n) is 10.1. The van der Waals surface area contributed by atoms with Gasteiger partial charge in [0.05, 0.1) is 0 Å². The van der Waals surface area contributed by atoms with Crippen molar-refractivity contribution < 1.29 is 19.1 Å². The largest absolute Gasteiger partial charge is 0.502 e. The number of hydrogen-bond acceptors (Lipinski definition) is 5. The van der Waals surface area contributed by atoms with Crippen LogP contribution in [0.5, 0.6) is 5.75 Å². The molecule has 0 radical (unpaired) electrons. The van der Waals surface area contributed by atoms with E-state index >= 15 is 0 Å². The number of pyridine rings is 1. The van der Waals surface area contributed by atoms with E-state index in [1.54, 1.807) is 4.90 Å². The van der Waals surface area contributed by atoms with Gasteiger partial charge in [-0.15, -0.1) is 0 Å². The highest BCUT2D eigenvalue weighted by Crippen LogP contribution is 2.29. The first kappa shape index (κ1) is 21.2. The molecule has 2 aliphatic heterocycles. The van der Waals surface area contributed by atoms with Crippen LogP contribution in [0.2, 0.25) is 5.02 Å². The Labute approximate surface area is 182 Å². The molecule has 0 aliphatic carbocycles. The lowest BCUT2D eigenvalue weighted by Crippen LogP contribution is -2.63. The van der Waals surface area contributed by atoms with Crippen molar-refractivity contribution >= 4 is 23.4 Å². The first-order chi connectivity index (χ1) is 14.8. The summed E-state index contributed by atoms with van der Waals surface area (Å²) in [4.78, 5) is 40.0. The summed E-state index contributed by atoms with van der Waals surface area (Å²) in [5.41, 5.74) is -1.21. The summed E-state index contributed by atoms with van der Waals surface area (Å²) in [7, 11) is 0. The van der Waals surface area contributed by atoms with Crippen LogP contribution in [-0.4, -0.2) is 45.8 Å². The number of aromatic nitrogens is 1. The first-order valence-corrected chi connectivity index (χ1v) is 10.5. The van der Waals surface area contributed by atoms with Gasteiger partial charge in [-0.1, -0.05) is 17.7 Å². The average molecular weight is 449 g/mol. The molecule has 2 amide bonds. The predicted molar refractivity (Wildman–Crippen MR) is 112 cm³/mol. The molecule has 10 heteroatoms. The zero-order valence-electron chi connectivity index (χ0n) is 16.9. The lowest BCUT2D eigenvalue weighted by molar-refractivity contribution is 0.0534. The van der Waals surface area contributed by atoms with Crippen LogP contribution in [0.25, 0.3) is 0 Å². The fraction of sp³-hybridized carbons (Fsp3) is 0.381. The van der Waals surface area contributed by atoms with Crippen LogP contribution in [0.1, 0.15) is 52.6 Å². The van der Waals surface area contributed by atoms with Gasteiger partial charge in [0.25, 0.3) is 11.8 Å². The number of aromatic hydroxyl groups is 1. The third-order valence-corrected chi connectivity index (χ3v) is 5.98. The maximum Gasteiger partial charge on any atom is 0.278 e. The van der Waals surface area contributed by atoms with E-state index in [1.165, 1.54) is 23.0 Å². The van der Waals surface area contributed by atoms with Gasteiger partial charge in [-0.05, 0) is 38.3 Å². The minimum Gasteiger partial charge on any atom is -0.502 e. The molecule has 2 N–H and O–H groups in total. The SMILES string of the molecule is CCN1C(=O)c2c(O)c(=O)c(C(=O)NCc3ccc(Cl)cc3F)cn2N2CCCC[C@@H]12. The van der Waals surface area contributed by atoms with Crippen LogP contribution in [0.4, 0.5) is 4.39 Å². The number of hydrogen-bond donors (Lipinski definition) is 2. The molecule has 4 rings (SSSR count). The van der Waals surface area contributed by atoms with E-state index in [0.717, 1.165) is 25.3 Å². The fourth-order valence-corrected chi connectivity index (χ4v) is 4.34. The van der Waals surface area contributed by atoms with Gasteiger partial charge in [-0.3, -0.25) is 24.1 Å². The van der Waals surface area contributed by atoms with E-state index in [9.17, 15) is 23.9 Å². The molecule has 0 saturated carbocycles. The number of fused-ring (bicyclic) bond motifs is 3. The van der Waals surface area contributed by atoms with Crippen LogP contribution in [0.15, 0.2) is 29.2 Å². The highest BCUT2D eigenvalue weighted by Gasteiger charge is 2.40. The Kier molecular flexibility index (Phi) is 5.62. The van der Waals surface area contributed by atoms with Crippen molar-refractivity contribution in [2.75, 3.05) is 18.1 Å². The summed E-state index contributed by atoms with van der Waals surface area (Å²) in [5, 5.41) is 15.2. The molecule has 3 heterocycles. The van der Waals surface area contributed by atoms with Gasteiger partial charge in [-0.25, -0.2) is 4.39 Å². The lowest BCUT2D eigenvalue weighted by Gasteiger charge is -2.48. The van der Waals surface area contributed by atoms with E-state index in [-0.39, 0.29) is 34.6 Å². The normalized spacial score (nSPS) is 17.9. The number of carbonyl (C=O) groups is 2. The van der Waals surface area contributed by atoms with E-state index in [2.05, 4.69) is 5.32 Å². The number of nitrogens with one attached hydrogen (secondary N) is 1. The van der Waals surface area contributed by atoms with Crippen LogP contribution in [0, 0.1) is 5.82 Å². The second-order valence-corrected chi connectivity index (χ2v) is 8.00. The van der Waals surface area contributed by atoms with E-state index in [0.29, 0.717) is 13.1 Å². The number of halogens is 2. The van der Waals surface area contributed by atoms with Crippen LogP contribution >= 0.6 is 11.6 Å². The van der Waals surface area contributed by atoms with Crippen LogP contribution in [-0.2, 0) is 6.54 Å². The van der Waals surface area contributed by atoms with Crippen molar-refractivity contribution in [1.82, 2.24) is 14.9 Å². The number of amides is 2.